The van der Waals surface area contributed by atoms with Crippen molar-refractivity contribution in [3.63, 3.8) is 0 Å². The molecule has 0 aromatic carbocycles. The largest absolute Gasteiger partial charge is 0.481 e. The number of ether oxygens (including phenoxy) is 1. The molecule has 0 unspecified atom stereocenters. The molecular weight excluding hydrogens is 392 g/mol. The smallest absolute Gasteiger partial charge is 0.305 e. The maximum absolute atomic E-state index is 12.0. The van der Waals surface area contributed by atoms with Crippen LogP contribution < -0.4 is 0 Å². The molecule has 0 atom stereocenters. The summed E-state index contributed by atoms with van der Waals surface area (Å²) >= 11 is 0. The molecule has 31 heavy (non-hydrogen) atoms. The summed E-state index contributed by atoms with van der Waals surface area (Å²) in [5.74, 6) is -0.0650. The SMILES string of the molecule is CCCCCC(CCCCC)CCOC(=O)CCCCCCCC(=O)CCCC(=O)O. The van der Waals surface area contributed by atoms with Gasteiger partial charge in [-0.1, -0.05) is 84.5 Å². The van der Waals surface area contributed by atoms with Gasteiger partial charge in [0.25, 0.3) is 0 Å². The highest BCUT2D eigenvalue weighted by atomic mass is 16.5. The topological polar surface area (TPSA) is 80.7 Å². The fourth-order valence-corrected chi connectivity index (χ4v) is 3.89. The van der Waals surface area contributed by atoms with E-state index in [1.807, 2.05) is 0 Å². The van der Waals surface area contributed by atoms with E-state index in [0.717, 1.165) is 38.5 Å². The van der Waals surface area contributed by atoms with E-state index in [4.69, 9.17) is 9.84 Å². The maximum Gasteiger partial charge on any atom is 0.305 e. The van der Waals surface area contributed by atoms with Crippen LogP contribution in [-0.2, 0) is 19.1 Å². The van der Waals surface area contributed by atoms with Gasteiger partial charge in [0.1, 0.15) is 5.78 Å². The van der Waals surface area contributed by atoms with Crippen molar-refractivity contribution in [2.75, 3.05) is 6.61 Å². The van der Waals surface area contributed by atoms with E-state index in [9.17, 15) is 14.4 Å². The van der Waals surface area contributed by atoms with Gasteiger partial charge in [0.15, 0.2) is 0 Å². The van der Waals surface area contributed by atoms with Crippen molar-refractivity contribution >= 4 is 17.7 Å². The summed E-state index contributed by atoms with van der Waals surface area (Å²) in [6, 6.07) is 0. The average molecular weight is 441 g/mol. The number of esters is 1. The summed E-state index contributed by atoms with van der Waals surface area (Å²) in [5, 5.41) is 8.57. The van der Waals surface area contributed by atoms with Gasteiger partial charge >= 0.3 is 11.9 Å². The minimum Gasteiger partial charge on any atom is -0.481 e. The number of aliphatic carboxylic acids is 1. The van der Waals surface area contributed by atoms with Gasteiger partial charge in [0.05, 0.1) is 6.61 Å². The first-order valence-electron chi connectivity index (χ1n) is 12.9. The van der Waals surface area contributed by atoms with Gasteiger partial charge in [0.2, 0.25) is 0 Å². The van der Waals surface area contributed by atoms with E-state index in [-0.39, 0.29) is 18.2 Å². The normalized spacial score (nSPS) is 11.1. The summed E-state index contributed by atoms with van der Waals surface area (Å²) in [7, 11) is 0. The van der Waals surface area contributed by atoms with Gasteiger partial charge in [-0.25, -0.2) is 0 Å². The number of carbonyl (C=O) groups is 3. The quantitative estimate of drug-likeness (QED) is 0.134. The maximum atomic E-state index is 12.0. The number of unbranched alkanes of at least 4 members (excludes halogenated alkanes) is 8. The summed E-state index contributed by atoms with van der Waals surface area (Å²) < 4.78 is 5.47. The lowest BCUT2D eigenvalue weighted by Crippen LogP contribution is -2.10. The molecule has 0 heterocycles. The van der Waals surface area contributed by atoms with Crippen LogP contribution in [0.15, 0.2) is 0 Å². The Kier molecular flexibility index (Phi) is 20.8. The molecule has 0 saturated heterocycles. The highest BCUT2D eigenvalue weighted by molar-refractivity contribution is 5.78. The Morgan fingerprint density at radius 2 is 1.19 bits per heavy atom. The molecule has 0 radical (unpaired) electrons. The van der Waals surface area contributed by atoms with Gasteiger partial charge < -0.3 is 9.84 Å². The van der Waals surface area contributed by atoms with Crippen molar-refractivity contribution in [3.05, 3.63) is 0 Å². The van der Waals surface area contributed by atoms with Crippen molar-refractivity contribution in [1.29, 1.82) is 0 Å². The van der Waals surface area contributed by atoms with Gasteiger partial charge in [-0.2, -0.15) is 0 Å². The third kappa shape index (κ3) is 21.6. The molecule has 0 rings (SSSR count). The predicted molar refractivity (Wildman–Crippen MR) is 126 cm³/mol. The Labute approximate surface area is 190 Å². The lowest BCUT2D eigenvalue weighted by atomic mass is 9.92. The van der Waals surface area contributed by atoms with Gasteiger partial charge in [-0.05, 0) is 31.6 Å². The molecule has 0 bridgehead atoms. The Morgan fingerprint density at radius 1 is 0.645 bits per heavy atom. The van der Waals surface area contributed by atoms with Crippen LogP contribution in [0.25, 0.3) is 0 Å². The minimum absolute atomic E-state index is 0.0697. The molecule has 0 aliphatic heterocycles. The third-order valence-corrected chi connectivity index (χ3v) is 5.90. The number of Topliss-reactive ketones (excluding diaryl/α,β-unsaturated/α-hetero) is 1. The summed E-state index contributed by atoms with van der Waals surface area (Å²) in [6.07, 6.45) is 17.8. The van der Waals surface area contributed by atoms with E-state index in [0.29, 0.717) is 38.2 Å². The molecule has 182 valence electrons. The third-order valence-electron chi connectivity index (χ3n) is 5.90. The molecule has 1 N–H and O–H groups in total. The second-order valence-electron chi connectivity index (χ2n) is 8.92. The van der Waals surface area contributed by atoms with E-state index < -0.39 is 5.97 Å². The summed E-state index contributed by atoms with van der Waals surface area (Å²) in [4.78, 5) is 34.0. The zero-order valence-electron chi connectivity index (χ0n) is 20.3. The molecule has 0 aliphatic carbocycles. The minimum atomic E-state index is -0.843. The monoisotopic (exact) mass is 440 g/mol. The van der Waals surface area contributed by atoms with Crippen LogP contribution in [0.4, 0.5) is 0 Å². The molecule has 5 heteroatoms. The predicted octanol–water partition coefficient (Wildman–Crippen LogP) is 7.25. The van der Waals surface area contributed by atoms with E-state index >= 15 is 0 Å². The Morgan fingerprint density at radius 3 is 1.77 bits per heavy atom. The molecule has 5 nitrogen and oxygen atoms in total. The number of carboxylic acids is 1. The van der Waals surface area contributed by atoms with Gasteiger partial charge in [0, 0.05) is 25.7 Å². The lowest BCUT2D eigenvalue weighted by molar-refractivity contribution is -0.144. The van der Waals surface area contributed by atoms with E-state index in [1.165, 1.54) is 51.4 Å². The first kappa shape index (κ1) is 29.6. The number of hydrogen-bond acceptors (Lipinski definition) is 4. The van der Waals surface area contributed by atoms with Gasteiger partial charge in [-0.3, -0.25) is 14.4 Å². The standard InChI is InChI=1S/C26H48O5/c1-3-5-10-15-23(16-11-6-4-2)21-22-31-26(30)20-13-9-7-8-12-17-24(27)18-14-19-25(28)29/h23H,3-22H2,1-2H3,(H,28,29). The Balaban J connectivity index is 3.67. The van der Waals surface area contributed by atoms with Crippen molar-refractivity contribution in [1.82, 2.24) is 0 Å². The molecule has 0 aliphatic rings. The number of carboxylic acid groups (broad SMARTS) is 1. The van der Waals surface area contributed by atoms with E-state index in [1.54, 1.807) is 0 Å². The molecule has 0 aromatic rings. The number of carbonyl (C=O) groups excluding carboxylic acids is 2. The summed E-state index contributed by atoms with van der Waals surface area (Å²) in [5.41, 5.74) is 0. The van der Waals surface area contributed by atoms with Gasteiger partial charge in [-0.15, -0.1) is 0 Å². The molecule has 0 spiro atoms. The van der Waals surface area contributed by atoms with E-state index in [2.05, 4.69) is 13.8 Å². The Hall–Kier alpha value is -1.39. The number of ketones is 1. The molecular formula is C26H48O5. The van der Waals surface area contributed by atoms with Crippen LogP contribution >= 0.6 is 0 Å². The van der Waals surface area contributed by atoms with Crippen LogP contribution in [0.3, 0.4) is 0 Å². The Bertz CT molecular complexity index is 451. The van der Waals surface area contributed by atoms with Crippen molar-refractivity contribution < 1.29 is 24.2 Å². The molecule has 0 amide bonds. The first-order chi connectivity index (χ1) is 15.0. The van der Waals surface area contributed by atoms with Crippen LogP contribution in [0.1, 0.15) is 136 Å². The summed E-state index contributed by atoms with van der Waals surface area (Å²) in [6.45, 7) is 5.03. The molecule has 0 fully saturated rings. The first-order valence-corrected chi connectivity index (χ1v) is 12.9. The van der Waals surface area contributed by atoms with Crippen LogP contribution in [0, 0.1) is 5.92 Å². The van der Waals surface area contributed by atoms with Crippen LogP contribution in [0.5, 0.6) is 0 Å². The lowest BCUT2D eigenvalue weighted by Gasteiger charge is -2.16. The highest BCUT2D eigenvalue weighted by Gasteiger charge is 2.10. The van der Waals surface area contributed by atoms with Crippen LogP contribution in [-0.4, -0.2) is 29.4 Å². The highest BCUT2D eigenvalue weighted by Crippen LogP contribution is 2.21. The zero-order valence-corrected chi connectivity index (χ0v) is 20.3. The number of hydrogen-bond donors (Lipinski definition) is 1. The molecule has 0 saturated carbocycles. The van der Waals surface area contributed by atoms with Crippen molar-refractivity contribution in [3.8, 4) is 0 Å². The van der Waals surface area contributed by atoms with Crippen molar-refractivity contribution in [2.24, 2.45) is 5.92 Å². The fraction of sp³-hybridized carbons (Fsp3) is 0.885. The van der Waals surface area contributed by atoms with Crippen molar-refractivity contribution in [2.45, 2.75) is 136 Å². The average Bonchev–Trinajstić information content (AvgIpc) is 2.72. The van der Waals surface area contributed by atoms with Crippen LogP contribution in [0.2, 0.25) is 0 Å². The number of rotatable bonds is 23. The zero-order chi connectivity index (χ0) is 23.2. The second kappa shape index (κ2) is 21.8. The second-order valence-corrected chi connectivity index (χ2v) is 8.92. The fourth-order valence-electron chi connectivity index (χ4n) is 3.89. The molecule has 0 aromatic heterocycles.